The van der Waals surface area contributed by atoms with Crippen LogP contribution in [0.4, 0.5) is 22.8 Å². The van der Waals surface area contributed by atoms with Crippen molar-refractivity contribution in [3.05, 3.63) is 35.1 Å². The second-order valence-electron chi connectivity index (χ2n) is 7.79. The number of carbonyl (C=O) groups excluding carboxylic acids is 2. The van der Waals surface area contributed by atoms with Crippen LogP contribution in [0.5, 0.6) is 0 Å². The van der Waals surface area contributed by atoms with E-state index in [1.807, 2.05) is 0 Å². The monoisotopic (exact) mass is 403 g/mol. The number of benzene rings is 1. The van der Waals surface area contributed by atoms with Gasteiger partial charge in [0.05, 0.1) is 6.54 Å². The molecule has 28 heavy (non-hydrogen) atoms. The number of halogens is 3. The Kier molecular flexibility index (Phi) is 7.43. The first-order chi connectivity index (χ1) is 12.7. The van der Waals surface area contributed by atoms with E-state index >= 15 is 0 Å². The van der Waals surface area contributed by atoms with E-state index in [-0.39, 0.29) is 18.1 Å². The molecule has 0 saturated heterocycles. The van der Waals surface area contributed by atoms with E-state index in [1.165, 1.54) is 0 Å². The predicted octanol–water partition coefficient (Wildman–Crippen LogP) is 4.01. The minimum atomic E-state index is -1.60. The van der Waals surface area contributed by atoms with Crippen LogP contribution in [0.2, 0.25) is 0 Å². The molecular formula is C18H24F3N3O4. The van der Waals surface area contributed by atoms with E-state index in [1.54, 1.807) is 41.5 Å². The first-order valence-corrected chi connectivity index (χ1v) is 8.34. The third kappa shape index (κ3) is 8.74. The number of aliphatic imine (C=N–C) groups is 1. The number of nitrogens with zero attached hydrogens (tertiary/aromatic N) is 1. The Hall–Kier alpha value is -2.78. The zero-order valence-electron chi connectivity index (χ0n) is 16.6. The van der Waals surface area contributed by atoms with Crippen molar-refractivity contribution >= 4 is 18.1 Å². The average Bonchev–Trinajstić information content (AvgIpc) is 2.46. The highest BCUT2D eigenvalue weighted by atomic mass is 19.2. The Morgan fingerprint density at radius 1 is 0.893 bits per heavy atom. The third-order valence-corrected chi connectivity index (χ3v) is 2.70. The number of carbonyl (C=O) groups is 2. The maximum absolute atomic E-state index is 13.3. The van der Waals surface area contributed by atoms with Crippen LogP contribution in [0.15, 0.2) is 17.1 Å². The summed E-state index contributed by atoms with van der Waals surface area (Å²) >= 11 is 0. The SMILES string of the molecule is CC(C)(C)OC(=O)NC(=NCc1cc(F)c(F)c(F)c1)NC(=O)OC(C)(C)C. The van der Waals surface area contributed by atoms with Gasteiger partial charge in [0.15, 0.2) is 17.5 Å². The molecule has 0 aromatic heterocycles. The second kappa shape index (κ2) is 8.94. The van der Waals surface area contributed by atoms with Crippen molar-refractivity contribution in [2.24, 2.45) is 4.99 Å². The largest absolute Gasteiger partial charge is 0.444 e. The number of nitrogens with one attached hydrogen (secondary N) is 2. The van der Waals surface area contributed by atoms with Crippen molar-refractivity contribution in [3.63, 3.8) is 0 Å². The lowest BCUT2D eigenvalue weighted by Crippen LogP contribution is -2.47. The molecule has 0 radical (unpaired) electrons. The summed E-state index contributed by atoms with van der Waals surface area (Å²) in [6, 6.07) is 1.50. The van der Waals surface area contributed by atoms with Crippen molar-refractivity contribution in [2.75, 3.05) is 0 Å². The molecule has 0 saturated carbocycles. The van der Waals surface area contributed by atoms with Gasteiger partial charge in [0.2, 0.25) is 5.96 Å². The zero-order chi connectivity index (χ0) is 21.7. The lowest BCUT2D eigenvalue weighted by Gasteiger charge is -2.22. The van der Waals surface area contributed by atoms with E-state index in [9.17, 15) is 22.8 Å². The summed E-state index contributed by atoms with van der Waals surface area (Å²) < 4.78 is 49.8. The maximum Gasteiger partial charge on any atom is 0.414 e. The molecule has 2 N–H and O–H groups in total. The zero-order valence-corrected chi connectivity index (χ0v) is 16.6. The van der Waals surface area contributed by atoms with Crippen molar-refractivity contribution in [1.82, 2.24) is 10.6 Å². The van der Waals surface area contributed by atoms with Gasteiger partial charge in [0, 0.05) is 0 Å². The molecule has 0 bridgehead atoms. The molecule has 10 heteroatoms. The van der Waals surface area contributed by atoms with Crippen molar-refractivity contribution in [3.8, 4) is 0 Å². The molecule has 0 aliphatic rings. The van der Waals surface area contributed by atoms with Gasteiger partial charge in [-0.05, 0) is 59.2 Å². The molecule has 0 spiro atoms. The minimum Gasteiger partial charge on any atom is -0.444 e. The van der Waals surface area contributed by atoms with Crippen LogP contribution >= 0.6 is 0 Å². The van der Waals surface area contributed by atoms with Crippen molar-refractivity contribution in [2.45, 2.75) is 59.3 Å². The first kappa shape index (κ1) is 23.3. The normalized spacial score (nSPS) is 11.5. The predicted molar refractivity (Wildman–Crippen MR) is 96.2 cm³/mol. The van der Waals surface area contributed by atoms with Crippen molar-refractivity contribution in [1.29, 1.82) is 0 Å². The summed E-state index contributed by atoms with van der Waals surface area (Å²) in [6.07, 6.45) is -1.84. The van der Waals surface area contributed by atoms with E-state index in [0.29, 0.717) is 0 Å². The standard InChI is InChI=1S/C18H24F3N3O4/c1-17(2,3)27-15(25)23-14(24-16(26)28-18(4,5)6)22-9-10-7-11(19)13(21)12(20)8-10/h7-8H,9H2,1-6H3,(H2,22,23,24,25,26). The summed E-state index contributed by atoms with van der Waals surface area (Å²) in [5, 5.41) is 4.43. The molecule has 1 aromatic carbocycles. The van der Waals surface area contributed by atoms with Gasteiger partial charge in [-0.15, -0.1) is 0 Å². The molecule has 0 heterocycles. The minimum absolute atomic E-state index is 0.0223. The first-order valence-electron chi connectivity index (χ1n) is 8.34. The fraction of sp³-hybridized carbons (Fsp3) is 0.500. The fourth-order valence-corrected chi connectivity index (χ4v) is 1.78. The lowest BCUT2D eigenvalue weighted by molar-refractivity contribution is 0.0545. The number of hydrogen-bond donors (Lipinski definition) is 2. The number of guanidine groups is 1. The topological polar surface area (TPSA) is 89.0 Å². The molecule has 156 valence electrons. The maximum atomic E-state index is 13.3. The number of amides is 2. The van der Waals surface area contributed by atoms with Gasteiger partial charge in [-0.2, -0.15) is 0 Å². The number of hydrogen-bond acceptors (Lipinski definition) is 5. The number of rotatable bonds is 2. The number of ether oxygens (including phenoxy) is 2. The third-order valence-electron chi connectivity index (χ3n) is 2.70. The van der Waals surface area contributed by atoms with Gasteiger partial charge in [-0.1, -0.05) is 0 Å². The van der Waals surface area contributed by atoms with Gasteiger partial charge in [0.1, 0.15) is 11.2 Å². The van der Waals surface area contributed by atoms with Crippen LogP contribution in [-0.4, -0.2) is 29.3 Å². The van der Waals surface area contributed by atoms with E-state index in [2.05, 4.69) is 15.6 Å². The molecule has 0 aliphatic heterocycles. The highest BCUT2D eigenvalue weighted by Gasteiger charge is 2.21. The lowest BCUT2D eigenvalue weighted by atomic mass is 10.2. The number of alkyl carbamates (subject to hydrolysis) is 2. The molecule has 2 amide bonds. The van der Waals surface area contributed by atoms with Crippen molar-refractivity contribution < 1.29 is 32.2 Å². The van der Waals surface area contributed by atoms with Crippen LogP contribution in [0, 0.1) is 17.5 Å². The smallest absolute Gasteiger partial charge is 0.414 e. The Morgan fingerprint density at radius 3 is 1.64 bits per heavy atom. The highest BCUT2D eigenvalue weighted by Crippen LogP contribution is 2.14. The summed E-state index contributed by atoms with van der Waals surface area (Å²) in [6.45, 7) is 9.44. The Labute approximate surface area is 161 Å². The molecule has 0 atom stereocenters. The molecular weight excluding hydrogens is 379 g/mol. The molecule has 0 fully saturated rings. The van der Waals surface area contributed by atoms with Crippen LogP contribution < -0.4 is 10.6 Å². The van der Waals surface area contributed by atoms with Crippen LogP contribution in [0.25, 0.3) is 0 Å². The van der Waals surface area contributed by atoms with Gasteiger partial charge in [0.25, 0.3) is 0 Å². The summed E-state index contributed by atoms with van der Waals surface area (Å²) in [5.41, 5.74) is -1.65. The van der Waals surface area contributed by atoms with E-state index < -0.39 is 40.8 Å². The van der Waals surface area contributed by atoms with Gasteiger partial charge >= 0.3 is 12.2 Å². The average molecular weight is 403 g/mol. The molecule has 0 aliphatic carbocycles. The highest BCUT2D eigenvalue weighted by molar-refractivity contribution is 6.01. The van der Waals surface area contributed by atoms with Crippen LogP contribution in [0.1, 0.15) is 47.1 Å². The Morgan fingerprint density at radius 2 is 1.29 bits per heavy atom. The summed E-state index contributed by atoms with van der Waals surface area (Å²) in [5.74, 6) is -4.74. The summed E-state index contributed by atoms with van der Waals surface area (Å²) in [4.78, 5) is 27.7. The van der Waals surface area contributed by atoms with Gasteiger partial charge in [-0.3, -0.25) is 10.6 Å². The Balaban J connectivity index is 2.99. The van der Waals surface area contributed by atoms with Crippen LogP contribution in [-0.2, 0) is 16.0 Å². The van der Waals surface area contributed by atoms with Gasteiger partial charge < -0.3 is 9.47 Å². The van der Waals surface area contributed by atoms with Crippen LogP contribution in [0.3, 0.4) is 0 Å². The quantitative estimate of drug-likeness (QED) is 0.444. The van der Waals surface area contributed by atoms with Gasteiger partial charge in [-0.25, -0.2) is 27.8 Å². The summed E-state index contributed by atoms with van der Waals surface area (Å²) in [7, 11) is 0. The Bertz CT molecular complexity index is 713. The molecule has 7 nitrogen and oxygen atoms in total. The fourth-order valence-electron chi connectivity index (χ4n) is 1.78. The molecule has 1 rings (SSSR count). The van der Waals surface area contributed by atoms with E-state index in [0.717, 1.165) is 12.1 Å². The van der Waals surface area contributed by atoms with E-state index in [4.69, 9.17) is 9.47 Å². The molecule has 1 aromatic rings. The second-order valence-corrected chi connectivity index (χ2v) is 7.79. The molecule has 0 unspecified atom stereocenters.